The van der Waals surface area contributed by atoms with Gasteiger partial charge in [-0.15, -0.1) is 0 Å². The second-order valence-corrected chi connectivity index (χ2v) is 10.2. The van der Waals surface area contributed by atoms with E-state index in [2.05, 4.69) is 10.6 Å². The van der Waals surface area contributed by atoms with Crippen LogP contribution in [0.2, 0.25) is 5.02 Å². The lowest BCUT2D eigenvalue weighted by Gasteiger charge is -2.22. The van der Waals surface area contributed by atoms with E-state index in [1.807, 2.05) is 0 Å². The molecule has 1 atom stereocenters. The molecule has 1 aromatic heterocycles. The normalized spacial score (nSPS) is 19.2. The lowest BCUT2D eigenvalue weighted by atomic mass is 10.00. The first-order chi connectivity index (χ1) is 17.1. The molecule has 2 aliphatic rings. The average Bonchev–Trinajstić information content (AvgIpc) is 3.47. The standard InChI is InChI=1S/C24H20ClFN4O5S/c1-12-20(36-14-4-2-3-13(9-14)21(32)33)15-5-6-16(25)18(26)19(15)30(12)10-17(31)29-8-7-24(11-29)22(34)27-23(35)28-24/h2-6,9H,7-8,10-11H2,1H3,(H,32,33)(H2,27,28,34,35). The molecule has 2 saturated heterocycles. The van der Waals surface area contributed by atoms with Crippen LogP contribution < -0.4 is 10.6 Å². The number of carbonyl (C=O) groups excluding carboxylic acids is 3. The molecular formula is C24H20ClFN4O5S. The average molecular weight is 531 g/mol. The topological polar surface area (TPSA) is 121 Å². The first kappa shape index (κ1) is 24.1. The molecule has 5 rings (SSSR count). The number of hydrogen-bond donors (Lipinski definition) is 3. The van der Waals surface area contributed by atoms with Gasteiger partial charge in [0.05, 0.1) is 22.6 Å². The molecule has 186 valence electrons. The van der Waals surface area contributed by atoms with Gasteiger partial charge in [-0.25, -0.2) is 14.0 Å². The van der Waals surface area contributed by atoms with E-state index in [0.29, 0.717) is 20.9 Å². The smallest absolute Gasteiger partial charge is 0.335 e. The summed E-state index contributed by atoms with van der Waals surface area (Å²) in [5, 5.41) is 14.6. The van der Waals surface area contributed by atoms with Gasteiger partial charge in [0, 0.05) is 27.4 Å². The van der Waals surface area contributed by atoms with Crippen molar-refractivity contribution in [1.29, 1.82) is 0 Å². The fourth-order valence-corrected chi connectivity index (χ4v) is 5.94. The molecule has 0 bridgehead atoms. The number of nitrogens with zero attached hydrogens (tertiary/aromatic N) is 2. The lowest BCUT2D eigenvalue weighted by Crippen LogP contribution is -2.49. The van der Waals surface area contributed by atoms with Crippen LogP contribution in [0, 0.1) is 12.7 Å². The second-order valence-electron chi connectivity index (χ2n) is 8.75. The number of carbonyl (C=O) groups is 4. The summed E-state index contributed by atoms with van der Waals surface area (Å²) in [6, 6.07) is 8.90. The van der Waals surface area contributed by atoms with Crippen LogP contribution in [-0.4, -0.2) is 57.0 Å². The molecule has 12 heteroatoms. The van der Waals surface area contributed by atoms with Gasteiger partial charge in [-0.05, 0) is 43.7 Å². The van der Waals surface area contributed by atoms with Gasteiger partial charge in [0.25, 0.3) is 5.91 Å². The first-order valence-corrected chi connectivity index (χ1v) is 12.2. The Hall–Kier alpha value is -3.57. The molecule has 36 heavy (non-hydrogen) atoms. The van der Waals surface area contributed by atoms with E-state index >= 15 is 4.39 Å². The van der Waals surface area contributed by atoms with E-state index in [4.69, 9.17) is 11.6 Å². The van der Waals surface area contributed by atoms with Crippen LogP contribution in [0.3, 0.4) is 0 Å². The minimum Gasteiger partial charge on any atom is -0.478 e. The molecule has 1 spiro atoms. The molecule has 3 heterocycles. The molecule has 4 amide bonds. The Morgan fingerprint density at radius 1 is 1.25 bits per heavy atom. The summed E-state index contributed by atoms with van der Waals surface area (Å²) in [6.07, 6.45) is 0.281. The summed E-state index contributed by atoms with van der Waals surface area (Å²) >= 11 is 7.34. The van der Waals surface area contributed by atoms with E-state index < -0.39 is 29.3 Å². The minimum absolute atomic E-state index is 0.0223. The van der Waals surface area contributed by atoms with E-state index in [1.165, 1.54) is 34.9 Å². The number of fused-ring (bicyclic) bond motifs is 1. The maximum atomic E-state index is 15.3. The third kappa shape index (κ3) is 3.97. The quantitative estimate of drug-likeness (QED) is 0.435. The Morgan fingerprint density at radius 3 is 2.72 bits per heavy atom. The van der Waals surface area contributed by atoms with Gasteiger partial charge in [-0.1, -0.05) is 29.4 Å². The number of likely N-dealkylation sites (tertiary alicyclic amines) is 1. The van der Waals surface area contributed by atoms with E-state index in [-0.39, 0.29) is 48.1 Å². The number of imide groups is 1. The van der Waals surface area contributed by atoms with Crippen LogP contribution in [0.5, 0.6) is 0 Å². The zero-order valence-corrected chi connectivity index (χ0v) is 20.5. The maximum Gasteiger partial charge on any atom is 0.335 e. The number of urea groups is 1. The van der Waals surface area contributed by atoms with Crippen molar-refractivity contribution in [1.82, 2.24) is 20.1 Å². The summed E-state index contributed by atoms with van der Waals surface area (Å²) in [4.78, 5) is 51.3. The van der Waals surface area contributed by atoms with Gasteiger partial charge in [0.15, 0.2) is 5.82 Å². The molecule has 9 nitrogen and oxygen atoms in total. The molecule has 1 unspecified atom stereocenters. The predicted octanol–water partition coefficient (Wildman–Crippen LogP) is 3.40. The summed E-state index contributed by atoms with van der Waals surface area (Å²) in [5.41, 5.74) is -0.264. The van der Waals surface area contributed by atoms with Gasteiger partial charge >= 0.3 is 12.0 Å². The van der Waals surface area contributed by atoms with E-state index in [9.17, 15) is 24.3 Å². The van der Waals surface area contributed by atoms with Crippen molar-refractivity contribution in [3.63, 3.8) is 0 Å². The third-order valence-corrected chi connectivity index (χ3v) is 8.05. The van der Waals surface area contributed by atoms with Crippen LogP contribution in [-0.2, 0) is 16.1 Å². The lowest BCUT2D eigenvalue weighted by molar-refractivity contribution is -0.131. The Bertz CT molecular complexity index is 1470. The predicted molar refractivity (Wildman–Crippen MR) is 130 cm³/mol. The Kier molecular flexibility index (Phi) is 5.92. The van der Waals surface area contributed by atoms with Crippen molar-refractivity contribution in [2.75, 3.05) is 13.1 Å². The number of rotatable bonds is 5. The van der Waals surface area contributed by atoms with Gasteiger partial charge in [0.2, 0.25) is 5.91 Å². The molecule has 2 aromatic carbocycles. The SMILES string of the molecule is Cc1c(Sc2cccc(C(=O)O)c2)c2ccc(Cl)c(F)c2n1CC(=O)N1CCC2(C1)NC(=O)NC2=O. The molecule has 3 aromatic rings. The Balaban J connectivity index is 1.49. The number of nitrogens with one attached hydrogen (secondary N) is 2. The fraction of sp³-hybridized carbons (Fsp3) is 0.250. The number of halogens is 2. The summed E-state index contributed by atoms with van der Waals surface area (Å²) in [5.74, 6) is -2.54. The van der Waals surface area contributed by atoms with Crippen LogP contribution in [0.15, 0.2) is 46.2 Å². The van der Waals surface area contributed by atoms with Gasteiger partial charge in [0.1, 0.15) is 12.1 Å². The Labute approximate surface area is 213 Å². The third-order valence-electron chi connectivity index (χ3n) is 6.55. The largest absolute Gasteiger partial charge is 0.478 e. The van der Waals surface area contributed by atoms with Crippen molar-refractivity contribution in [3.8, 4) is 0 Å². The van der Waals surface area contributed by atoms with Crippen molar-refractivity contribution in [2.45, 2.75) is 35.2 Å². The molecular weight excluding hydrogens is 511 g/mol. The minimum atomic E-state index is -1.15. The number of amides is 4. The second kappa shape index (κ2) is 8.82. The number of carboxylic acid groups (broad SMARTS) is 1. The number of carboxylic acids is 1. The summed E-state index contributed by atoms with van der Waals surface area (Å²) in [7, 11) is 0. The summed E-state index contributed by atoms with van der Waals surface area (Å²) in [6.45, 7) is 1.83. The van der Waals surface area contributed by atoms with Crippen molar-refractivity contribution in [2.24, 2.45) is 0 Å². The van der Waals surface area contributed by atoms with Gasteiger partial charge in [-0.2, -0.15) is 0 Å². The van der Waals surface area contributed by atoms with Crippen LogP contribution in [0.1, 0.15) is 22.5 Å². The molecule has 0 saturated carbocycles. The van der Waals surface area contributed by atoms with Crippen LogP contribution >= 0.6 is 23.4 Å². The molecule has 2 aliphatic heterocycles. The number of aromatic carboxylic acids is 1. The summed E-state index contributed by atoms with van der Waals surface area (Å²) < 4.78 is 16.8. The van der Waals surface area contributed by atoms with Gasteiger partial charge < -0.3 is 19.9 Å². The number of benzene rings is 2. The van der Waals surface area contributed by atoms with Gasteiger partial charge in [-0.3, -0.25) is 14.9 Å². The fourth-order valence-electron chi connectivity index (χ4n) is 4.68. The Morgan fingerprint density at radius 2 is 2.03 bits per heavy atom. The highest BCUT2D eigenvalue weighted by molar-refractivity contribution is 7.99. The molecule has 3 N–H and O–H groups in total. The number of hydrogen-bond acceptors (Lipinski definition) is 5. The highest BCUT2D eigenvalue weighted by atomic mass is 35.5. The monoisotopic (exact) mass is 530 g/mol. The number of aromatic nitrogens is 1. The van der Waals surface area contributed by atoms with E-state index in [1.54, 1.807) is 29.7 Å². The highest BCUT2D eigenvalue weighted by Crippen LogP contribution is 2.41. The molecule has 0 radical (unpaired) electrons. The van der Waals surface area contributed by atoms with Crippen LogP contribution in [0.4, 0.5) is 9.18 Å². The zero-order valence-electron chi connectivity index (χ0n) is 18.9. The van der Waals surface area contributed by atoms with Crippen molar-refractivity contribution >= 4 is 58.1 Å². The highest BCUT2D eigenvalue weighted by Gasteiger charge is 2.51. The molecule has 2 fully saturated rings. The van der Waals surface area contributed by atoms with Crippen molar-refractivity contribution < 1.29 is 28.7 Å². The van der Waals surface area contributed by atoms with Crippen molar-refractivity contribution in [3.05, 3.63) is 58.5 Å². The van der Waals surface area contributed by atoms with E-state index in [0.717, 1.165) is 0 Å². The zero-order chi connectivity index (χ0) is 25.8. The first-order valence-electron chi connectivity index (χ1n) is 11.0. The molecule has 0 aliphatic carbocycles. The maximum absolute atomic E-state index is 15.3. The van der Waals surface area contributed by atoms with Crippen LogP contribution in [0.25, 0.3) is 10.9 Å².